The van der Waals surface area contributed by atoms with Gasteiger partial charge in [-0.15, -0.1) is 0 Å². The Kier molecular flexibility index (Phi) is 2.20. The monoisotopic (exact) mass is 139 g/mol. The molecule has 0 spiro atoms. The highest BCUT2D eigenvalue weighted by molar-refractivity contribution is 5.89. The second kappa shape index (κ2) is 2.95. The van der Waals surface area contributed by atoms with Gasteiger partial charge in [0.15, 0.2) is 0 Å². The van der Waals surface area contributed by atoms with Gasteiger partial charge in [-0.1, -0.05) is 0 Å². The molecule has 1 rings (SSSR count). The van der Waals surface area contributed by atoms with Crippen molar-refractivity contribution in [1.29, 1.82) is 5.41 Å². The first kappa shape index (κ1) is 7.45. The molecule has 0 amide bonds. The summed E-state index contributed by atoms with van der Waals surface area (Å²) in [7, 11) is 0. The minimum Gasteiger partial charge on any atom is -0.310 e. The predicted octanol–water partition coefficient (Wildman–Crippen LogP) is 1.79. The zero-order valence-electron chi connectivity index (χ0n) is 6.31. The van der Waals surface area contributed by atoms with Crippen LogP contribution >= 0.6 is 0 Å². The molecular formula is C8H13NO. The number of carbonyl (C=O) groups is 1. The first-order valence-corrected chi connectivity index (χ1v) is 3.77. The lowest BCUT2D eigenvalue weighted by Crippen LogP contribution is -2.20. The molecule has 0 aromatic rings. The molecule has 2 heteroatoms. The summed E-state index contributed by atoms with van der Waals surface area (Å²) in [5.41, 5.74) is 0.756. The lowest BCUT2D eigenvalue weighted by Gasteiger charge is -2.19. The topological polar surface area (TPSA) is 40.9 Å². The zero-order valence-corrected chi connectivity index (χ0v) is 6.31. The van der Waals surface area contributed by atoms with E-state index in [0.29, 0.717) is 0 Å². The summed E-state index contributed by atoms with van der Waals surface area (Å²) in [5, 5.41) is 7.36. The number of hydrogen-bond acceptors (Lipinski definition) is 2. The summed E-state index contributed by atoms with van der Waals surface area (Å²) >= 11 is 0. The highest BCUT2D eigenvalue weighted by Gasteiger charge is 2.20. The molecule has 1 aliphatic carbocycles. The maximum Gasteiger partial charge on any atom is 0.133 e. The van der Waals surface area contributed by atoms with E-state index in [1.807, 2.05) is 0 Å². The highest BCUT2D eigenvalue weighted by Crippen LogP contribution is 2.21. The number of rotatable bonds is 1. The SMILES string of the molecule is CC(=O)[C@@H]1CCCC(=N)C1. The Hall–Kier alpha value is -0.660. The fraction of sp³-hybridized carbons (Fsp3) is 0.750. The van der Waals surface area contributed by atoms with Gasteiger partial charge in [-0.2, -0.15) is 0 Å². The summed E-state index contributed by atoms with van der Waals surface area (Å²) in [5.74, 6) is 0.422. The molecule has 0 heterocycles. The van der Waals surface area contributed by atoms with Crippen LogP contribution in [0, 0.1) is 11.3 Å². The standard InChI is InChI=1S/C8H13NO/c1-6(10)7-3-2-4-8(9)5-7/h7,9H,2-5H2,1H3/t7-/m1/s1. The van der Waals surface area contributed by atoms with Gasteiger partial charge in [0.2, 0.25) is 0 Å². The van der Waals surface area contributed by atoms with Crippen LogP contribution in [0.25, 0.3) is 0 Å². The van der Waals surface area contributed by atoms with Crippen molar-refractivity contribution in [2.45, 2.75) is 32.6 Å². The van der Waals surface area contributed by atoms with Crippen molar-refractivity contribution in [2.75, 3.05) is 0 Å². The van der Waals surface area contributed by atoms with Crippen molar-refractivity contribution in [3.8, 4) is 0 Å². The van der Waals surface area contributed by atoms with Crippen LogP contribution in [0.15, 0.2) is 0 Å². The van der Waals surface area contributed by atoms with Crippen molar-refractivity contribution in [3.63, 3.8) is 0 Å². The summed E-state index contributed by atoms with van der Waals surface area (Å²) in [6.45, 7) is 1.63. The van der Waals surface area contributed by atoms with Gasteiger partial charge in [0.1, 0.15) is 5.78 Å². The van der Waals surface area contributed by atoms with Crippen LogP contribution in [0.4, 0.5) is 0 Å². The lowest BCUT2D eigenvalue weighted by atomic mass is 9.85. The molecule has 0 aliphatic heterocycles. The molecular weight excluding hydrogens is 126 g/mol. The molecule has 10 heavy (non-hydrogen) atoms. The van der Waals surface area contributed by atoms with Gasteiger partial charge in [-0.3, -0.25) is 4.79 Å². The minimum atomic E-state index is 0.168. The highest BCUT2D eigenvalue weighted by atomic mass is 16.1. The van der Waals surface area contributed by atoms with Gasteiger partial charge in [-0.05, 0) is 32.6 Å². The van der Waals surface area contributed by atoms with E-state index in [2.05, 4.69) is 0 Å². The van der Waals surface area contributed by atoms with E-state index in [0.717, 1.165) is 31.4 Å². The fourth-order valence-corrected chi connectivity index (χ4v) is 1.41. The van der Waals surface area contributed by atoms with Crippen molar-refractivity contribution < 1.29 is 4.79 Å². The lowest BCUT2D eigenvalue weighted by molar-refractivity contribution is -0.120. The van der Waals surface area contributed by atoms with Crippen LogP contribution in [0.3, 0.4) is 0 Å². The quantitative estimate of drug-likeness (QED) is 0.591. The molecule has 1 saturated carbocycles. The van der Waals surface area contributed by atoms with E-state index in [9.17, 15) is 4.79 Å². The summed E-state index contributed by atoms with van der Waals surface area (Å²) in [6.07, 6.45) is 3.65. The molecule has 1 N–H and O–H groups in total. The average molecular weight is 139 g/mol. The molecule has 56 valence electrons. The first-order valence-electron chi connectivity index (χ1n) is 3.77. The van der Waals surface area contributed by atoms with Crippen LogP contribution in [-0.2, 0) is 4.79 Å². The van der Waals surface area contributed by atoms with E-state index >= 15 is 0 Å². The van der Waals surface area contributed by atoms with E-state index in [4.69, 9.17) is 5.41 Å². The third kappa shape index (κ3) is 1.66. The van der Waals surface area contributed by atoms with E-state index in [1.165, 1.54) is 0 Å². The average Bonchev–Trinajstić information content (AvgIpc) is 1.88. The number of ketones is 1. The third-order valence-electron chi connectivity index (χ3n) is 2.10. The largest absolute Gasteiger partial charge is 0.310 e. The van der Waals surface area contributed by atoms with Crippen LogP contribution < -0.4 is 0 Å². The Morgan fingerprint density at radius 2 is 2.40 bits per heavy atom. The number of Topliss-reactive ketones (excluding diaryl/α,β-unsaturated/α-hetero) is 1. The van der Waals surface area contributed by atoms with Gasteiger partial charge < -0.3 is 5.41 Å². The van der Waals surface area contributed by atoms with Crippen molar-refractivity contribution in [2.24, 2.45) is 5.92 Å². The Balaban J connectivity index is 2.47. The molecule has 1 fully saturated rings. The summed E-state index contributed by atoms with van der Waals surface area (Å²) in [4.78, 5) is 10.8. The summed E-state index contributed by atoms with van der Waals surface area (Å²) < 4.78 is 0. The van der Waals surface area contributed by atoms with Crippen molar-refractivity contribution >= 4 is 11.5 Å². The maximum absolute atomic E-state index is 10.8. The van der Waals surface area contributed by atoms with Gasteiger partial charge in [0.25, 0.3) is 0 Å². The van der Waals surface area contributed by atoms with E-state index in [1.54, 1.807) is 6.92 Å². The Labute approximate surface area is 61.1 Å². The maximum atomic E-state index is 10.8. The fourth-order valence-electron chi connectivity index (χ4n) is 1.41. The number of nitrogens with one attached hydrogen (secondary N) is 1. The smallest absolute Gasteiger partial charge is 0.133 e. The van der Waals surface area contributed by atoms with Crippen LogP contribution in [0.5, 0.6) is 0 Å². The van der Waals surface area contributed by atoms with Gasteiger partial charge in [0.05, 0.1) is 0 Å². The Morgan fingerprint density at radius 3 is 2.80 bits per heavy atom. The minimum absolute atomic E-state index is 0.168. The van der Waals surface area contributed by atoms with Gasteiger partial charge >= 0.3 is 0 Å². The van der Waals surface area contributed by atoms with Crippen LogP contribution in [0.2, 0.25) is 0 Å². The van der Waals surface area contributed by atoms with E-state index in [-0.39, 0.29) is 11.7 Å². The first-order chi connectivity index (χ1) is 4.70. The normalized spacial score (nSPS) is 26.5. The zero-order chi connectivity index (χ0) is 7.56. The van der Waals surface area contributed by atoms with Crippen molar-refractivity contribution in [1.82, 2.24) is 0 Å². The molecule has 0 bridgehead atoms. The molecule has 0 saturated heterocycles. The van der Waals surface area contributed by atoms with Gasteiger partial charge in [0, 0.05) is 11.6 Å². The van der Waals surface area contributed by atoms with Gasteiger partial charge in [-0.25, -0.2) is 0 Å². The molecule has 0 aromatic heterocycles. The van der Waals surface area contributed by atoms with Crippen LogP contribution in [0.1, 0.15) is 32.6 Å². The molecule has 0 unspecified atom stereocenters. The molecule has 2 nitrogen and oxygen atoms in total. The molecule has 0 radical (unpaired) electrons. The Morgan fingerprint density at radius 1 is 1.70 bits per heavy atom. The van der Waals surface area contributed by atoms with Crippen molar-refractivity contribution in [3.05, 3.63) is 0 Å². The molecule has 0 aromatic carbocycles. The number of hydrogen-bond donors (Lipinski definition) is 1. The van der Waals surface area contributed by atoms with E-state index < -0.39 is 0 Å². The second-order valence-corrected chi connectivity index (χ2v) is 3.01. The number of carbonyl (C=O) groups excluding carboxylic acids is 1. The Bertz CT molecular complexity index is 161. The van der Waals surface area contributed by atoms with Crippen LogP contribution in [-0.4, -0.2) is 11.5 Å². The molecule has 1 aliphatic rings. The predicted molar refractivity (Wildman–Crippen MR) is 40.4 cm³/mol. The molecule has 1 atom stereocenters. The third-order valence-corrected chi connectivity index (χ3v) is 2.10. The summed E-state index contributed by atoms with van der Waals surface area (Å²) in [6, 6.07) is 0. The second-order valence-electron chi connectivity index (χ2n) is 3.01.